The fourth-order valence-corrected chi connectivity index (χ4v) is 5.42. The van der Waals surface area contributed by atoms with E-state index in [-0.39, 0.29) is 5.91 Å². The van der Waals surface area contributed by atoms with Crippen LogP contribution in [-0.2, 0) is 0 Å². The second-order valence-electron chi connectivity index (χ2n) is 10.8. The zero-order valence-corrected chi connectivity index (χ0v) is 22.2. The van der Waals surface area contributed by atoms with Crippen molar-refractivity contribution in [3.63, 3.8) is 0 Å². The minimum Gasteiger partial charge on any atom is -0.326 e. The Kier molecular flexibility index (Phi) is 6.84. The molecule has 1 saturated carbocycles. The van der Waals surface area contributed by atoms with Gasteiger partial charge in [0.1, 0.15) is 5.69 Å². The summed E-state index contributed by atoms with van der Waals surface area (Å²) in [6, 6.07) is 9.46. The number of allylic oxidation sites excluding steroid dienone is 3. The Bertz CT molecular complexity index is 1480. The van der Waals surface area contributed by atoms with Crippen LogP contribution in [0.5, 0.6) is 0 Å². The van der Waals surface area contributed by atoms with E-state index in [0.717, 1.165) is 67.5 Å². The van der Waals surface area contributed by atoms with Crippen molar-refractivity contribution in [1.82, 2.24) is 29.7 Å². The summed E-state index contributed by atoms with van der Waals surface area (Å²) in [6.07, 6.45) is 11.3. The highest BCUT2D eigenvalue weighted by atomic mass is 16.1. The third kappa shape index (κ3) is 5.42. The number of aryl methyl sites for hydroxylation is 1. The molecule has 2 aliphatic carbocycles. The molecule has 7 heteroatoms. The monoisotopic (exact) mass is 506 g/mol. The van der Waals surface area contributed by atoms with Crippen LogP contribution in [-0.4, -0.2) is 70.1 Å². The Morgan fingerprint density at radius 2 is 1.95 bits per heavy atom. The number of amides is 1. The van der Waals surface area contributed by atoms with Gasteiger partial charge >= 0.3 is 0 Å². The van der Waals surface area contributed by atoms with Gasteiger partial charge in [0.25, 0.3) is 5.91 Å². The summed E-state index contributed by atoms with van der Waals surface area (Å²) in [6.45, 7) is 7.59. The fraction of sp³-hybridized carbons (Fsp3) is 0.387. The number of piperazine rings is 1. The zero-order valence-electron chi connectivity index (χ0n) is 22.2. The van der Waals surface area contributed by atoms with Crippen LogP contribution in [0.1, 0.15) is 46.4 Å². The van der Waals surface area contributed by atoms with E-state index in [1.807, 2.05) is 37.3 Å². The number of fused-ring (bicyclic) bond motifs is 1. The van der Waals surface area contributed by atoms with Crippen molar-refractivity contribution in [2.45, 2.75) is 26.2 Å². The van der Waals surface area contributed by atoms with E-state index in [1.165, 1.54) is 18.4 Å². The van der Waals surface area contributed by atoms with E-state index in [9.17, 15) is 4.79 Å². The molecule has 7 nitrogen and oxygen atoms in total. The van der Waals surface area contributed by atoms with Crippen LogP contribution in [0, 0.1) is 30.6 Å². The predicted octanol–water partition coefficient (Wildman–Crippen LogP) is 3.65. The lowest BCUT2D eigenvalue weighted by atomic mass is 9.85. The molecule has 3 aliphatic rings. The highest BCUT2D eigenvalue weighted by Crippen LogP contribution is 2.45. The maximum absolute atomic E-state index is 13.2. The number of nitrogens with zero attached hydrogens (tertiary/aromatic N) is 5. The predicted molar refractivity (Wildman–Crippen MR) is 149 cm³/mol. The summed E-state index contributed by atoms with van der Waals surface area (Å²) in [5.41, 5.74) is 6.49. The first kappa shape index (κ1) is 24.6. The molecule has 3 heterocycles. The van der Waals surface area contributed by atoms with Gasteiger partial charge in [0.2, 0.25) is 0 Å². The molecule has 2 aromatic heterocycles. The first-order valence-corrected chi connectivity index (χ1v) is 13.6. The zero-order chi connectivity index (χ0) is 26.1. The van der Waals surface area contributed by atoms with E-state index < -0.39 is 0 Å². The van der Waals surface area contributed by atoms with Gasteiger partial charge in [-0.25, -0.2) is 9.50 Å². The SMILES string of the molecule is Cc1ccc(C(=O)NC2=CC=C(CN3CCN(C)CC3)C(C3CC3)C2)cc1C#Cc1cnc2cccnn12. The number of hydrogen-bond donors (Lipinski definition) is 1. The number of nitrogens with one attached hydrogen (secondary N) is 1. The third-order valence-electron chi connectivity index (χ3n) is 7.98. The van der Waals surface area contributed by atoms with Gasteiger partial charge in [-0.05, 0) is 86.9 Å². The van der Waals surface area contributed by atoms with E-state index in [0.29, 0.717) is 17.2 Å². The Balaban J connectivity index is 1.16. The van der Waals surface area contributed by atoms with E-state index >= 15 is 0 Å². The molecule has 0 bridgehead atoms. The number of imidazole rings is 1. The van der Waals surface area contributed by atoms with Crippen molar-refractivity contribution in [1.29, 1.82) is 0 Å². The molecule has 1 saturated heterocycles. The molecule has 2 fully saturated rings. The molecule has 1 aromatic carbocycles. The van der Waals surface area contributed by atoms with E-state index in [2.05, 4.69) is 56.2 Å². The molecule has 0 spiro atoms. The van der Waals surface area contributed by atoms with Gasteiger partial charge in [-0.3, -0.25) is 9.69 Å². The molecular formula is C31H34N6O. The lowest BCUT2D eigenvalue weighted by molar-refractivity contribution is 0.0963. The van der Waals surface area contributed by atoms with Crippen molar-refractivity contribution in [3.05, 3.63) is 88.5 Å². The standard InChI is InChI=1S/C31H34N6O/c1-22-5-6-25(18-24(22)10-12-28-20-32-30-4-3-13-33-37(28)30)31(38)34-27-11-9-26(29(19-27)23-7-8-23)21-36-16-14-35(2)15-17-36/h3-6,9,11,13,18,20,23,29H,7-8,14-17,19,21H2,1-2H3,(H,34,38). The van der Waals surface area contributed by atoms with Crippen LogP contribution in [0.15, 0.2) is 66.1 Å². The summed E-state index contributed by atoms with van der Waals surface area (Å²) < 4.78 is 1.72. The largest absolute Gasteiger partial charge is 0.326 e. The van der Waals surface area contributed by atoms with Crippen molar-refractivity contribution in [3.8, 4) is 11.8 Å². The highest BCUT2D eigenvalue weighted by Gasteiger charge is 2.36. The summed E-state index contributed by atoms with van der Waals surface area (Å²) in [7, 11) is 2.20. The Morgan fingerprint density at radius 3 is 2.76 bits per heavy atom. The first-order chi connectivity index (χ1) is 18.5. The molecule has 1 atom stereocenters. The van der Waals surface area contributed by atoms with E-state index in [4.69, 9.17) is 0 Å². The van der Waals surface area contributed by atoms with Crippen molar-refractivity contribution in [2.75, 3.05) is 39.8 Å². The van der Waals surface area contributed by atoms with Crippen molar-refractivity contribution < 1.29 is 4.79 Å². The minimum atomic E-state index is -0.0822. The van der Waals surface area contributed by atoms with Gasteiger partial charge < -0.3 is 10.2 Å². The summed E-state index contributed by atoms with van der Waals surface area (Å²) in [5, 5.41) is 7.53. The van der Waals surface area contributed by atoms with Gasteiger partial charge in [0.05, 0.1) is 6.20 Å². The first-order valence-electron chi connectivity index (χ1n) is 13.6. The maximum Gasteiger partial charge on any atom is 0.255 e. The molecule has 1 N–H and O–H groups in total. The molecule has 3 aromatic rings. The third-order valence-corrected chi connectivity index (χ3v) is 7.98. The van der Waals surface area contributed by atoms with Crippen LogP contribution < -0.4 is 5.32 Å². The Hall–Kier alpha value is -3.73. The fourth-order valence-electron chi connectivity index (χ4n) is 5.42. The van der Waals surface area contributed by atoms with Gasteiger partial charge in [-0.15, -0.1) is 0 Å². The Morgan fingerprint density at radius 1 is 1.11 bits per heavy atom. The average Bonchev–Trinajstić information content (AvgIpc) is 3.70. The molecule has 0 radical (unpaired) electrons. The summed E-state index contributed by atoms with van der Waals surface area (Å²) in [5.74, 6) is 7.60. The van der Waals surface area contributed by atoms with Gasteiger partial charge in [-0.2, -0.15) is 5.10 Å². The lowest BCUT2D eigenvalue weighted by Gasteiger charge is -2.35. The molecular weight excluding hydrogens is 472 g/mol. The molecule has 1 unspecified atom stereocenters. The van der Waals surface area contributed by atoms with Crippen molar-refractivity contribution in [2.24, 2.45) is 11.8 Å². The van der Waals surface area contributed by atoms with E-state index in [1.54, 1.807) is 16.9 Å². The smallest absolute Gasteiger partial charge is 0.255 e. The van der Waals surface area contributed by atoms with Crippen LogP contribution in [0.2, 0.25) is 0 Å². The van der Waals surface area contributed by atoms with Crippen LogP contribution >= 0.6 is 0 Å². The summed E-state index contributed by atoms with van der Waals surface area (Å²) >= 11 is 0. The summed E-state index contributed by atoms with van der Waals surface area (Å²) in [4.78, 5) is 22.6. The van der Waals surface area contributed by atoms with Crippen LogP contribution in [0.25, 0.3) is 5.65 Å². The number of rotatable bonds is 5. The lowest BCUT2D eigenvalue weighted by Crippen LogP contribution is -2.45. The molecule has 1 aliphatic heterocycles. The number of aromatic nitrogens is 3. The normalized spacial score (nSPS) is 20.4. The number of hydrogen-bond acceptors (Lipinski definition) is 5. The number of likely N-dealkylation sites (N-methyl/N-ethyl adjacent to an activating group) is 1. The highest BCUT2D eigenvalue weighted by molar-refractivity contribution is 5.95. The number of benzene rings is 1. The number of carbonyl (C=O) groups is 1. The van der Waals surface area contributed by atoms with Crippen LogP contribution in [0.4, 0.5) is 0 Å². The van der Waals surface area contributed by atoms with Gasteiger partial charge in [-0.1, -0.05) is 23.6 Å². The topological polar surface area (TPSA) is 65.8 Å². The second-order valence-corrected chi connectivity index (χ2v) is 10.8. The van der Waals surface area contributed by atoms with Gasteiger partial charge in [0.15, 0.2) is 5.65 Å². The Labute approximate surface area is 224 Å². The minimum absolute atomic E-state index is 0.0822. The van der Waals surface area contributed by atoms with Crippen molar-refractivity contribution >= 4 is 11.6 Å². The second kappa shape index (κ2) is 10.6. The average molecular weight is 507 g/mol. The number of carbonyl (C=O) groups excluding carboxylic acids is 1. The molecule has 6 rings (SSSR count). The molecule has 1 amide bonds. The van der Waals surface area contributed by atoms with Crippen LogP contribution in [0.3, 0.4) is 0 Å². The quantitative estimate of drug-likeness (QED) is 0.535. The molecule has 194 valence electrons. The maximum atomic E-state index is 13.2. The van der Waals surface area contributed by atoms with Gasteiger partial charge in [0, 0.05) is 55.7 Å². The molecule has 38 heavy (non-hydrogen) atoms.